The SMILES string of the molecule is CC1(C)OB(c2cc(-c3ccccn3)cc(-c3ccccn3)c2)OC1(C)C.CC1(C)OB(c2ccc(F)cc2)OC1(C)C.CC1(C)OB(c2ccccn2)OC1(C)C.CC1(C)c2ccccc2-c2ccc(B3OC(C)(C)C(C)(C)O3)cc21.COc1ccc(B2OC(C)(C)C(C)(C)O2)cc1. The highest BCUT2D eigenvalue weighted by Gasteiger charge is 2.56. The average Bonchev–Trinajstić information content (AvgIpc) is 1.57. The summed E-state index contributed by atoms with van der Waals surface area (Å²) < 4.78 is 78.3. The molecule has 5 fully saturated rings. The van der Waals surface area contributed by atoms with Crippen LogP contribution in [0.1, 0.15) is 163 Å². The molecule has 0 atom stereocenters. The number of methoxy groups -OCH3 is 1. The number of halogens is 1. The molecule has 0 saturated carbocycles. The molecule has 3 aromatic heterocycles. The number of benzene rings is 5. The third kappa shape index (κ3) is 15.8. The Morgan fingerprint density at radius 3 is 1.02 bits per heavy atom. The summed E-state index contributed by atoms with van der Waals surface area (Å²) in [5, 5.41) is 0. The van der Waals surface area contributed by atoms with Gasteiger partial charge in [-0.25, -0.2) is 4.39 Å². The van der Waals surface area contributed by atoms with E-state index in [0.29, 0.717) is 0 Å². The van der Waals surface area contributed by atoms with Crippen molar-refractivity contribution in [3.05, 3.63) is 199 Å². The number of nitrogens with zero attached hydrogens (tertiary/aromatic N) is 3. The van der Waals surface area contributed by atoms with Gasteiger partial charge in [0.1, 0.15) is 11.6 Å². The zero-order valence-corrected chi connectivity index (χ0v) is 62.4. The summed E-state index contributed by atoms with van der Waals surface area (Å²) in [6, 6.07) is 53.2. The van der Waals surface area contributed by atoms with E-state index < -0.39 is 14.2 Å². The van der Waals surface area contributed by atoms with E-state index in [1.807, 2.05) is 134 Å². The Bertz CT molecular complexity index is 3950. The summed E-state index contributed by atoms with van der Waals surface area (Å²) in [7, 11) is -0.141. The minimum atomic E-state index is -0.430. The monoisotopic (exact) mass is 1340 g/mol. The van der Waals surface area contributed by atoms with Gasteiger partial charge in [0.15, 0.2) is 0 Å². The van der Waals surface area contributed by atoms with Gasteiger partial charge >= 0.3 is 35.6 Å². The van der Waals surface area contributed by atoms with Gasteiger partial charge in [0.2, 0.25) is 0 Å². The lowest BCUT2D eigenvalue weighted by molar-refractivity contribution is 0.00578. The minimum Gasteiger partial charge on any atom is -0.497 e. The van der Waals surface area contributed by atoms with Crippen molar-refractivity contribution in [1.29, 1.82) is 0 Å². The molecule has 5 aromatic carbocycles. The number of ether oxygens (including phenoxy) is 1. The van der Waals surface area contributed by atoms with Crippen molar-refractivity contribution in [2.75, 3.05) is 7.11 Å². The van der Waals surface area contributed by atoms with Crippen LogP contribution in [-0.2, 0) is 52.0 Å². The van der Waals surface area contributed by atoms with Crippen LogP contribution in [0, 0.1) is 5.82 Å². The molecule has 518 valence electrons. The van der Waals surface area contributed by atoms with Crippen LogP contribution < -0.4 is 32.2 Å². The van der Waals surface area contributed by atoms with Crippen molar-refractivity contribution in [3.8, 4) is 39.4 Å². The van der Waals surface area contributed by atoms with Crippen molar-refractivity contribution in [3.63, 3.8) is 0 Å². The lowest BCUT2D eigenvalue weighted by Crippen LogP contribution is -2.41. The second-order valence-electron chi connectivity index (χ2n) is 31.8. The van der Waals surface area contributed by atoms with E-state index in [0.717, 1.165) is 55.7 Å². The van der Waals surface area contributed by atoms with Gasteiger partial charge in [-0.2, -0.15) is 0 Å². The van der Waals surface area contributed by atoms with Crippen LogP contribution >= 0.6 is 0 Å². The highest BCUT2D eigenvalue weighted by molar-refractivity contribution is 6.64. The number of aromatic nitrogens is 3. The minimum absolute atomic E-state index is 0.00553. The molecule has 0 spiro atoms. The molecule has 14 rings (SSSR count). The van der Waals surface area contributed by atoms with Gasteiger partial charge in [-0.05, 0) is 249 Å². The summed E-state index contributed by atoms with van der Waals surface area (Å²) in [6.45, 7) is 45.6. The Morgan fingerprint density at radius 1 is 0.303 bits per heavy atom. The Morgan fingerprint density at radius 2 is 0.636 bits per heavy atom. The van der Waals surface area contributed by atoms with Crippen LogP contribution in [0.25, 0.3) is 33.6 Å². The highest BCUT2D eigenvalue weighted by Crippen LogP contribution is 2.49. The molecular weight excluding hydrogens is 1240 g/mol. The van der Waals surface area contributed by atoms with E-state index in [4.69, 9.17) is 51.3 Å². The van der Waals surface area contributed by atoms with Crippen molar-refractivity contribution in [1.82, 2.24) is 15.0 Å². The number of hydrogen-bond acceptors (Lipinski definition) is 14. The number of pyridine rings is 3. The average molecular weight is 1340 g/mol. The van der Waals surface area contributed by atoms with Crippen molar-refractivity contribution in [2.24, 2.45) is 0 Å². The standard InChI is InChI=1S/C22H23BN2O2.C21H25BO2.C13H19BO3.C12H16BFO2.C11H16BNO2/c1-21(2)22(3,4)27-23(26-21)18-14-16(19-9-5-7-11-24-19)13-17(15-18)20-10-6-8-12-25-20;1-19(2)17-10-8-7-9-15(17)16-12-11-14(13-18(16)19)22-23-20(3,4)21(5,6)24-22;1-12(2)13(3,4)17-14(16-12)10-6-8-11(15-5)9-7-10;1-11(2)12(3,4)16-13(15-11)9-5-7-10(14)8-6-9;1-10(2)11(3,4)15-12(14-10)9-7-5-6-8-13-9/h5-15H,1-4H3;7-13H,1-6H3;6-9H,1-5H3;5-8H,1-4H3;5-8H,1-4H3. The zero-order valence-electron chi connectivity index (χ0n) is 62.4. The molecule has 20 heteroatoms. The molecule has 0 radical (unpaired) electrons. The topological polar surface area (TPSA) is 140 Å². The largest absolute Gasteiger partial charge is 0.514 e. The van der Waals surface area contributed by atoms with Gasteiger partial charge in [0.25, 0.3) is 0 Å². The van der Waals surface area contributed by atoms with E-state index in [9.17, 15) is 4.39 Å². The first-order valence-electron chi connectivity index (χ1n) is 34.4. The summed E-state index contributed by atoms with van der Waals surface area (Å²) in [6.07, 6.45) is 5.36. The first-order valence-corrected chi connectivity index (χ1v) is 34.4. The molecule has 0 N–H and O–H groups in total. The Hall–Kier alpha value is -6.80. The van der Waals surface area contributed by atoms with Gasteiger partial charge < -0.3 is 51.3 Å². The fourth-order valence-electron chi connectivity index (χ4n) is 11.8. The molecular formula is C79H99B5FN3O11. The van der Waals surface area contributed by atoms with Crippen LogP contribution in [-0.4, -0.2) is 114 Å². The third-order valence-corrected chi connectivity index (χ3v) is 21.8. The van der Waals surface area contributed by atoms with Crippen LogP contribution in [0.2, 0.25) is 0 Å². The van der Waals surface area contributed by atoms with Gasteiger partial charge in [0, 0.05) is 35.1 Å². The quantitative estimate of drug-likeness (QED) is 0.133. The maximum Gasteiger partial charge on any atom is 0.514 e. The molecule has 99 heavy (non-hydrogen) atoms. The number of hydrogen-bond donors (Lipinski definition) is 0. The molecule has 1 aliphatic carbocycles. The molecule has 14 nitrogen and oxygen atoms in total. The second kappa shape index (κ2) is 27.9. The summed E-state index contributed by atoms with van der Waals surface area (Å²) in [5.74, 6) is 0.588. The fourth-order valence-corrected chi connectivity index (χ4v) is 11.8. The molecule has 8 heterocycles. The predicted molar refractivity (Wildman–Crippen MR) is 399 cm³/mol. The number of rotatable bonds is 8. The van der Waals surface area contributed by atoms with E-state index in [1.165, 1.54) is 34.4 Å². The lowest BCUT2D eigenvalue weighted by Gasteiger charge is -2.32. The van der Waals surface area contributed by atoms with Gasteiger partial charge in [-0.1, -0.05) is 111 Å². The molecule has 0 bridgehead atoms. The third-order valence-electron chi connectivity index (χ3n) is 21.8. The van der Waals surface area contributed by atoms with E-state index >= 15 is 0 Å². The molecule has 0 unspecified atom stereocenters. The Balaban J connectivity index is 0.000000137. The second-order valence-corrected chi connectivity index (χ2v) is 31.8. The maximum atomic E-state index is 12.8. The molecule has 8 aromatic rings. The highest BCUT2D eigenvalue weighted by atomic mass is 19.1. The zero-order chi connectivity index (χ0) is 72.2. The smallest absolute Gasteiger partial charge is 0.497 e. The first kappa shape index (κ1) is 74.9. The van der Waals surface area contributed by atoms with Crippen molar-refractivity contribution >= 4 is 63.0 Å². The van der Waals surface area contributed by atoms with Crippen LogP contribution in [0.3, 0.4) is 0 Å². The van der Waals surface area contributed by atoms with Gasteiger partial charge in [0.05, 0.1) is 80.1 Å². The fraction of sp³-hybridized carbons (Fsp3) is 0.430. The summed E-state index contributed by atoms with van der Waals surface area (Å²) in [5.41, 5.74) is 10.8. The normalized spacial score (nSPS) is 21.1. The first-order chi connectivity index (χ1) is 46.1. The molecule has 0 amide bonds. The molecule has 6 aliphatic rings. The lowest BCUT2D eigenvalue weighted by atomic mass is 9.74. The van der Waals surface area contributed by atoms with Gasteiger partial charge in [-0.3, -0.25) is 15.0 Å². The van der Waals surface area contributed by atoms with Crippen LogP contribution in [0.15, 0.2) is 182 Å². The van der Waals surface area contributed by atoms with Gasteiger partial charge in [-0.15, -0.1) is 0 Å². The van der Waals surface area contributed by atoms with Crippen LogP contribution in [0.5, 0.6) is 5.75 Å². The Labute approximate surface area is 590 Å². The van der Waals surface area contributed by atoms with E-state index in [-0.39, 0.29) is 88.6 Å². The van der Waals surface area contributed by atoms with E-state index in [2.05, 4.69) is 173 Å². The van der Waals surface area contributed by atoms with Crippen molar-refractivity contribution < 1.29 is 55.7 Å². The summed E-state index contributed by atoms with van der Waals surface area (Å²) >= 11 is 0. The molecule has 5 aliphatic heterocycles. The maximum absolute atomic E-state index is 12.8. The molecule has 5 saturated heterocycles. The summed E-state index contributed by atoms with van der Waals surface area (Å²) in [4.78, 5) is 13.3. The van der Waals surface area contributed by atoms with Crippen molar-refractivity contribution in [2.45, 2.75) is 214 Å². The predicted octanol–water partition coefficient (Wildman–Crippen LogP) is 13.9. The van der Waals surface area contributed by atoms with Crippen LogP contribution in [0.4, 0.5) is 4.39 Å². The van der Waals surface area contributed by atoms with E-state index in [1.54, 1.807) is 37.8 Å². The number of fused-ring (bicyclic) bond motifs is 3. The Kier molecular flexibility index (Phi) is 21.1.